The van der Waals surface area contributed by atoms with Crippen LogP contribution in [0.3, 0.4) is 0 Å². The maximum Gasteiger partial charge on any atom is 0.0688 e. The fraction of sp³-hybridized carbons (Fsp3) is 0.286. The summed E-state index contributed by atoms with van der Waals surface area (Å²) in [6.45, 7) is 7.01. The quantitative estimate of drug-likeness (QED) is 0.779. The average Bonchev–Trinajstić information content (AvgIpc) is 2.69. The van der Waals surface area contributed by atoms with Crippen LogP contribution in [-0.4, -0.2) is 9.67 Å². The van der Waals surface area contributed by atoms with Crippen molar-refractivity contribution in [1.82, 2.24) is 4.57 Å². The molecule has 84 valence electrons. The highest BCUT2D eigenvalue weighted by atomic mass is 16.3. The molecule has 0 aliphatic carbocycles. The SMILES string of the molecule is C=C(C)CCn1ccc2c(CO)cccc21. The molecular formula is C14H17NO. The Balaban J connectivity index is 2.37. The zero-order chi connectivity index (χ0) is 11.5. The van der Waals surface area contributed by atoms with E-state index in [9.17, 15) is 5.11 Å². The smallest absolute Gasteiger partial charge is 0.0688 e. The highest BCUT2D eigenvalue weighted by Gasteiger charge is 2.04. The van der Waals surface area contributed by atoms with Crippen molar-refractivity contribution in [1.29, 1.82) is 0 Å². The number of rotatable bonds is 4. The van der Waals surface area contributed by atoms with E-state index in [2.05, 4.69) is 29.5 Å². The van der Waals surface area contributed by atoms with Gasteiger partial charge in [-0.05, 0) is 31.0 Å². The van der Waals surface area contributed by atoms with Crippen LogP contribution in [0.4, 0.5) is 0 Å². The van der Waals surface area contributed by atoms with Crippen LogP contribution in [0.5, 0.6) is 0 Å². The molecule has 2 rings (SSSR count). The standard InChI is InChI=1S/C14H17NO/c1-11(2)6-8-15-9-7-13-12(10-16)4-3-5-14(13)15/h3-5,7,9,16H,1,6,8,10H2,2H3. The van der Waals surface area contributed by atoms with Crippen molar-refractivity contribution < 1.29 is 5.11 Å². The Morgan fingerprint density at radius 3 is 2.88 bits per heavy atom. The topological polar surface area (TPSA) is 25.2 Å². The van der Waals surface area contributed by atoms with Gasteiger partial charge in [0.2, 0.25) is 0 Å². The van der Waals surface area contributed by atoms with Crippen molar-refractivity contribution >= 4 is 10.9 Å². The lowest BCUT2D eigenvalue weighted by Crippen LogP contribution is -1.96. The van der Waals surface area contributed by atoms with Crippen LogP contribution in [0.1, 0.15) is 18.9 Å². The third kappa shape index (κ3) is 2.02. The molecular weight excluding hydrogens is 198 g/mol. The number of nitrogens with zero attached hydrogens (tertiary/aromatic N) is 1. The molecule has 0 aliphatic rings. The van der Waals surface area contributed by atoms with Gasteiger partial charge in [0.15, 0.2) is 0 Å². The number of aromatic nitrogens is 1. The van der Waals surface area contributed by atoms with Gasteiger partial charge in [-0.1, -0.05) is 17.7 Å². The van der Waals surface area contributed by atoms with E-state index in [4.69, 9.17) is 0 Å². The van der Waals surface area contributed by atoms with Gasteiger partial charge >= 0.3 is 0 Å². The van der Waals surface area contributed by atoms with Crippen LogP contribution in [0.15, 0.2) is 42.6 Å². The summed E-state index contributed by atoms with van der Waals surface area (Å²) in [5.74, 6) is 0. The Hall–Kier alpha value is -1.54. The van der Waals surface area contributed by atoms with Crippen molar-refractivity contribution in [2.75, 3.05) is 0 Å². The van der Waals surface area contributed by atoms with Gasteiger partial charge in [0.25, 0.3) is 0 Å². The van der Waals surface area contributed by atoms with Crippen LogP contribution < -0.4 is 0 Å². The summed E-state index contributed by atoms with van der Waals surface area (Å²) in [5.41, 5.74) is 3.37. The summed E-state index contributed by atoms with van der Waals surface area (Å²) in [5, 5.41) is 10.4. The largest absolute Gasteiger partial charge is 0.392 e. The molecule has 0 unspecified atom stereocenters. The lowest BCUT2D eigenvalue weighted by atomic mass is 10.1. The van der Waals surface area contributed by atoms with Gasteiger partial charge in [-0.2, -0.15) is 0 Å². The molecule has 0 bridgehead atoms. The Kier molecular flexibility index (Phi) is 3.11. The van der Waals surface area contributed by atoms with E-state index in [-0.39, 0.29) is 6.61 Å². The number of benzene rings is 1. The summed E-state index contributed by atoms with van der Waals surface area (Å²) in [7, 11) is 0. The number of hydrogen-bond acceptors (Lipinski definition) is 1. The van der Waals surface area contributed by atoms with E-state index in [0.29, 0.717) is 0 Å². The van der Waals surface area contributed by atoms with Gasteiger partial charge in [0.05, 0.1) is 6.61 Å². The van der Waals surface area contributed by atoms with Crippen LogP contribution >= 0.6 is 0 Å². The molecule has 1 aromatic carbocycles. The Labute approximate surface area is 95.8 Å². The van der Waals surface area contributed by atoms with Crippen molar-refractivity contribution in [3.8, 4) is 0 Å². The average molecular weight is 215 g/mol. The number of allylic oxidation sites excluding steroid dienone is 1. The molecule has 0 saturated carbocycles. The van der Waals surface area contributed by atoms with Crippen molar-refractivity contribution in [2.45, 2.75) is 26.5 Å². The first kappa shape index (κ1) is 11.0. The van der Waals surface area contributed by atoms with Crippen molar-refractivity contribution in [3.05, 3.63) is 48.2 Å². The lowest BCUT2D eigenvalue weighted by molar-refractivity contribution is 0.283. The maximum atomic E-state index is 9.24. The number of aliphatic hydroxyl groups excluding tert-OH is 1. The van der Waals surface area contributed by atoms with E-state index in [1.54, 1.807) is 0 Å². The Morgan fingerprint density at radius 1 is 1.38 bits per heavy atom. The normalized spacial score (nSPS) is 10.9. The van der Waals surface area contributed by atoms with Gasteiger partial charge in [0.1, 0.15) is 0 Å². The van der Waals surface area contributed by atoms with Crippen LogP contribution in [0.25, 0.3) is 10.9 Å². The first-order chi connectivity index (χ1) is 7.72. The summed E-state index contributed by atoms with van der Waals surface area (Å²) in [6, 6.07) is 8.11. The first-order valence-corrected chi connectivity index (χ1v) is 5.54. The molecule has 0 atom stereocenters. The third-order valence-corrected chi connectivity index (χ3v) is 2.85. The summed E-state index contributed by atoms with van der Waals surface area (Å²) in [6.07, 6.45) is 3.07. The molecule has 1 aromatic heterocycles. The number of aryl methyl sites for hydroxylation is 1. The third-order valence-electron chi connectivity index (χ3n) is 2.85. The van der Waals surface area contributed by atoms with Gasteiger partial charge in [-0.15, -0.1) is 6.58 Å². The second kappa shape index (κ2) is 4.54. The first-order valence-electron chi connectivity index (χ1n) is 5.54. The fourth-order valence-electron chi connectivity index (χ4n) is 1.93. The molecule has 1 N–H and O–H groups in total. The fourth-order valence-corrected chi connectivity index (χ4v) is 1.93. The van der Waals surface area contributed by atoms with Crippen LogP contribution in [0.2, 0.25) is 0 Å². The molecule has 2 heteroatoms. The molecule has 16 heavy (non-hydrogen) atoms. The Morgan fingerprint density at radius 2 is 2.19 bits per heavy atom. The van der Waals surface area contributed by atoms with Gasteiger partial charge in [-0.3, -0.25) is 0 Å². The molecule has 0 aliphatic heterocycles. The minimum atomic E-state index is 0.0990. The number of hydrogen-bond donors (Lipinski definition) is 1. The van der Waals surface area contributed by atoms with Gasteiger partial charge in [0, 0.05) is 23.6 Å². The summed E-state index contributed by atoms with van der Waals surface area (Å²) >= 11 is 0. The molecule has 0 spiro atoms. The monoisotopic (exact) mass is 215 g/mol. The zero-order valence-electron chi connectivity index (χ0n) is 9.61. The van der Waals surface area contributed by atoms with E-state index in [1.165, 1.54) is 11.1 Å². The maximum absolute atomic E-state index is 9.24. The van der Waals surface area contributed by atoms with Crippen molar-refractivity contribution in [2.24, 2.45) is 0 Å². The van der Waals surface area contributed by atoms with Gasteiger partial charge in [-0.25, -0.2) is 0 Å². The van der Waals surface area contributed by atoms with E-state index in [0.717, 1.165) is 23.9 Å². The molecule has 2 nitrogen and oxygen atoms in total. The highest BCUT2D eigenvalue weighted by molar-refractivity contribution is 5.83. The second-order valence-corrected chi connectivity index (χ2v) is 4.22. The molecule has 0 radical (unpaired) electrons. The molecule has 2 aromatic rings. The van der Waals surface area contributed by atoms with Crippen LogP contribution in [0, 0.1) is 0 Å². The minimum absolute atomic E-state index is 0.0990. The summed E-state index contributed by atoms with van der Waals surface area (Å²) < 4.78 is 2.21. The Bertz CT molecular complexity index is 510. The van der Waals surface area contributed by atoms with E-state index in [1.807, 2.05) is 19.1 Å². The predicted octanol–water partition coefficient (Wildman–Crippen LogP) is 3.10. The molecule has 0 saturated heterocycles. The lowest BCUT2D eigenvalue weighted by Gasteiger charge is -2.06. The number of fused-ring (bicyclic) bond motifs is 1. The molecule has 0 fully saturated rings. The summed E-state index contributed by atoms with van der Waals surface area (Å²) in [4.78, 5) is 0. The zero-order valence-corrected chi connectivity index (χ0v) is 9.61. The van der Waals surface area contributed by atoms with Crippen LogP contribution in [-0.2, 0) is 13.2 Å². The number of aliphatic hydroxyl groups is 1. The molecule has 0 amide bonds. The van der Waals surface area contributed by atoms with Gasteiger partial charge < -0.3 is 9.67 Å². The molecule has 1 heterocycles. The van der Waals surface area contributed by atoms with Crippen molar-refractivity contribution in [3.63, 3.8) is 0 Å². The minimum Gasteiger partial charge on any atom is -0.392 e. The predicted molar refractivity (Wildman–Crippen MR) is 67.3 cm³/mol. The van der Waals surface area contributed by atoms with E-state index >= 15 is 0 Å². The highest BCUT2D eigenvalue weighted by Crippen LogP contribution is 2.21. The second-order valence-electron chi connectivity index (χ2n) is 4.22. The van der Waals surface area contributed by atoms with E-state index < -0.39 is 0 Å².